The Kier molecular flexibility index (Phi) is 8.50. The maximum absolute atomic E-state index is 10.6. The van der Waals surface area contributed by atoms with Crippen molar-refractivity contribution in [3.63, 3.8) is 0 Å². The lowest BCUT2D eigenvalue weighted by Crippen LogP contribution is -2.43. The summed E-state index contributed by atoms with van der Waals surface area (Å²) in [5.41, 5.74) is 3.63. The molecule has 5 heteroatoms. The molecule has 0 aromatic heterocycles. The number of aliphatic hydroxyl groups is 1. The molecule has 1 atom stereocenters. The molecule has 0 aliphatic carbocycles. The van der Waals surface area contributed by atoms with E-state index < -0.39 is 6.10 Å². The van der Waals surface area contributed by atoms with Crippen LogP contribution in [-0.4, -0.2) is 73.6 Å². The average molecular weight is 399 g/mol. The maximum Gasteiger partial charge on any atom is 0.122 e. The molecular formula is C24H34N2O3. The van der Waals surface area contributed by atoms with Gasteiger partial charge in [0.15, 0.2) is 0 Å². The number of nitrogens with zero attached hydrogens (tertiary/aromatic N) is 2. The van der Waals surface area contributed by atoms with Gasteiger partial charge in [0.2, 0.25) is 0 Å². The van der Waals surface area contributed by atoms with Crippen molar-refractivity contribution in [1.29, 1.82) is 0 Å². The maximum atomic E-state index is 10.6. The Hall–Kier alpha value is -1.92. The Morgan fingerprint density at radius 2 is 1.90 bits per heavy atom. The summed E-state index contributed by atoms with van der Waals surface area (Å²) < 4.78 is 11.3. The predicted octanol–water partition coefficient (Wildman–Crippen LogP) is 2.88. The van der Waals surface area contributed by atoms with Crippen molar-refractivity contribution in [2.75, 3.05) is 52.5 Å². The minimum Gasteiger partial charge on any atom is -0.491 e. The van der Waals surface area contributed by atoms with Crippen LogP contribution in [0.4, 0.5) is 0 Å². The van der Waals surface area contributed by atoms with E-state index in [1.54, 1.807) is 0 Å². The number of ether oxygens (including phenoxy) is 2. The number of aliphatic hydroxyl groups excluding tert-OH is 1. The number of hydrogen-bond donors (Lipinski definition) is 1. The SMILES string of the molecule is Cc1cccc(CN(CCN2CCOCC2)C[C@H](O)COc2ccccc2C)c1. The van der Waals surface area contributed by atoms with E-state index in [9.17, 15) is 5.11 Å². The van der Waals surface area contributed by atoms with Crippen molar-refractivity contribution in [2.45, 2.75) is 26.5 Å². The van der Waals surface area contributed by atoms with Gasteiger partial charge in [-0.05, 0) is 31.0 Å². The van der Waals surface area contributed by atoms with E-state index in [4.69, 9.17) is 9.47 Å². The average Bonchev–Trinajstić information content (AvgIpc) is 2.72. The third kappa shape index (κ3) is 7.44. The highest BCUT2D eigenvalue weighted by Gasteiger charge is 2.16. The first-order valence-electron chi connectivity index (χ1n) is 10.5. The number of aryl methyl sites for hydroxylation is 2. The zero-order chi connectivity index (χ0) is 20.5. The van der Waals surface area contributed by atoms with Gasteiger partial charge in [0.1, 0.15) is 18.5 Å². The molecule has 158 valence electrons. The van der Waals surface area contributed by atoms with Crippen molar-refractivity contribution in [3.05, 3.63) is 65.2 Å². The van der Waals surface area contributed by atoms with Crippen molar-refractivity contribution >= 4 is 0 Å². The summed E-state index contributed by atoms with van der Waals surface area (Å²) in [7, 11) is 0. The number of hydrogen-bond acceptors (Lipinski definition) is 5. The second-order valence-electron chi connectivity index (χ2n) is 7.91. The van der Waals surface area contributed by atoms with Crippen LogP contribution in [0.15, 0.2) is 48.5 Å². The Labute approximate surface area is 174 Å². The summed E-state index contributed by atoms with van der Waals surface area (Å²) in [4.78, 5) is 4.76. The highest BCUT2D eigenvalue weighted by molar-refractivity contribution is 5.31. The van der Waals surface area contributed by atoms with Crippen molar-refractivity contribution in [2.24, 2.45) is 0 Å². The molecule has 0 amide bonds. The molecule has 1 N–H and O–H groups in total. The standard InChI is InChI=1S/C24H34N2O3/c1-20-6-5-8-22(16-20)17-26(11-10-25-12-14-28-15-13-25)18-23(27)19-29-24-9-4-3-7-21(24)2/h3-9,16,23,27H,10-15,17-19H2,1-2H3/t23-/m0/s1. The van der Waals surface area contributed by atoms with Crippen LogP contribution in [0.2, 0.25) is 0 Å². The molecule has 1 fully saturated rings. The lowest BCUT2D eigenvalue weighted by molar-refractivity contribution is 0.0255. The van der Waals surface area contributed by atoms with Crippen LogP contribution in [0.5, 0.6) is 5.75 Å². The lowest BCUT2D eigenvalue weighted by Gasteiger charge is -2.31. The van der Waals surface area contributed by atoms with Gasteiger partial charge in [-0.3, -0.25) is 9.80 Å². The Morgan fingerprint density at radius 1 is 1.10 bits per heavy atom. The Balaban J connectivity index is 1.56. The monoisotopic (exact) mass is 398 g/mol. The fraction of sp³-hybridized carbons (Fsp3) is 0.500. The van der Waals surface area contributed by atoms with Gasteiger partial charge in [0, 0.05) is 39.3 Å². The number of para-hydroxylation sites is 1. The molecule has 1 aliphatic rings. The topological polar surface area (TPSA) is 45.2 Å². The summed E-state index contributed by atoms with van der Waals surface area (Å²) in [6, 6.07) is 16.5. The molecule has 0 spiro atoms. The van der Waals surface area contributed by atoms with Gasteiger partial charge in [0.05, 0.1) is 13.2 Å². The quantitative estimate of drug-likeness (QED) is 0.667. The fourth-order valence-corrected chi connectivity index (χ4v) is 3.67. The predicted molar refractivity (Wildman–Crippen MR) is 116 cm³/mol. The third-order valence-electron chi connectivity index (χ3n) is 5.32. The molecule has 1 saturated heterocycles. The highest BCUT2D eigenvalue weighted by Crippen LogP contribution is 2.16. The van der Waals surface area contributed by atoms with Crippen LogP contribution in [0.3, 0.4) is 0 Å². The van der Waals surface area contributed by atoms with Gasteiger partial charge in [-0.2, -0.15) is 0 Å². The first-order chi connectivity index (χ1) is 14.1. The van der Waals surface area contributed by atoms with Gasteiger partial charge in [-0.1, -0.05) is 48.0 Å². The van der Waals surface area contributed by atoms with E-state index in [2.05, 4.69) is 41.0 Å². The van der Waals surface area contributed by atoms with E-state index in [0.29, 0.717) is 13.2 Å². The van der Waals surface area contributed by atoms with E-state index in [0.717, 1.165) is 57.3 Å². The van der Waals surface area contributed by atoms with Gasteiger partial charge < -0.3 is 14.6 Å². The molecule has 2 aromatic rings. The van der Waals surface area contributed by atoms with Crippen LogP contribution in [-0.2, 0) is 11.3 Å². The second-order valence-corrected chi connectivity index (χ2v) is 7.91. The van der Waals surface area contributed by atoms with Crippen molar-refractivity contribution in [1.82, 2.24) is 9.80 Å². The molecule has 1 heterocycles. The summed E-state index contributed by atoms with van der Waals surface area (Å²) in [6.07, 6.45) is -0.538. The minimum atomic E-state index is -0.538. The van der Waals surface area contributed by atoms with Crippen molar-refractivity contribution in [3.8, 4) is 5.75 Å². The number of rotatable bonds is 10. The molecule has 0 unspecified atom stereocenters. The van der Waals surface area contributed by atoms with Gasteiger partial charge >= 0.3 is 0 Å². The largest absolute Gasteiger partial charge is 0.491 e. The Morgan fingerprint density at radius 3 is 2.66 bits per heavy atom. The molecule has 0 bridgehead atoms. The van der Waals surface area contributed by atoms with E-state index in [1.807, 2.05) is 31.2 Å². The van der Waals surface area contributed by atoms with Crippen molar-refractivity contribution < 1.29 is 14.6 Å². The third-order valence-corrected chi connectivity index (χ3v) is 5.32. The summed E-state index contributed by atoms with van der Waals surface area (Å²) in [5.74, 6) is 0.838. The first kappa shape index (κ1) is 21.8. The van der Waals surface area contributed by atoms with Crippen LogP contribution < -0.4 is 4.74 Å². The molecule has 0 saturated carbocycles. The molecule has 29 heavy (non-hydrogen) atoms. The van der Waals surface area contributed by atoms with Gasteiger partial charge in [0.25, 0.3) is 0 Å². The summed E-state index contributed by atoms with van der Waals surface area (Å²) in [6.45, 7) is 11.3. The lowest BCUT2D eigenvalue weighted by atomic mass is 10.1. The second kappa shape index (κ2) is 11.3. The van der Waals surface area contributed by atoms with Crippen LogP contribution in [0.25, 0.3) is 0 Å². The molecule has 0 radical (unpaired) electrons. The van der Waals surface area contributed by atoms with Gasteiger partial charge in [-0.15, -0.1) is 0 Å². The summed E-state index contributed by atoms with van der Waals surface area (Å²) >= 11 is 0. The minimum absolute atomic E-state index is 0.298. The molecule has 3 rings (SSSR count). The number of benzene rings is 2. The molecule has 1 aliphatic heterocycles. The molecule has 5 nitrogen and oxygen atoms in total. The first-order valence-corrected chi connectivity index (χ1v) is 10.5. The smallest absolute Gasteiger partial charge is 0.122 e. The fourth-order valence-electron chi connectivity index (χ4n) is 3.67. The van der Waals surface area contributed by atoms with Crippen LogP contribution >= 0.6 is 0 Å². The van der Waals surface area contributed by atoms with Crippen LogP contribution in [0, 0.1) is 13.8 Å². The zero-order valence-electron chi connectivity index (χ0n) is 17.7. The van der Waals surface area contributed by atoms with E-state index in [1.165, 1.54) is 11.1 Å². The summed E-state index contributed by atoms with van der Waals surface area (Å²) in [5, 5.41) is 10.6. The van der Waals surface area contributed by atoms with Crippen LogP contribution in [0.1, 0.15) is 16.7 Å². The highest BCUT2D eigenvalue weighted by atomic mass is 16.5. The molecular weight excluding hydrogens is 364 g/mol. The normalized spacial score (nSPS) is 16.1. The molecule has 2 aromatic carbocycles. The van der Waals surface area contributed by atoms with E-state index >= 15 is 0 Å². The Bertz CT molecular complexity index is 746. The number of morpholine rings is 1. The van der Waals surface area contributed by atoms with Gasteiger partial charge in [-0.25, -0.2) is 0 Å². The van der Waals surface area contributed by atoms with E-state index in [-0.39, 0.29) is 0 Å². The zero-order valence-corrected chi connectivity index (χ0v) is 17.7.